The maximum absolute atomic E-state index is 13.7. The number of carbonyl (C=O) groups excluding carboxylic acids is 1. The molecule has 0 bridgehead atoms. The number of benzene rings is 1. The number of hydrogen-bond donors (Lipinski definition) is 1. The Hall–Kier alpha value is -3.33. The molecule has 3 aromatic rings. The van der Waals surface area contributed by atoms with Crippen molar-refractivity contribution in [3.63, 3.8) is 0 Å². The van der Waals surface area contributed by atoms with Gasteiger partial charge in [0, 0.05) is 33.7 Å². The number of nitrogens with zero attached hydrogens (tertiary/aromatic N) is 4. The second kappa shape index (κ2) is 7.25. The van der Waals surface area contributed by atoms with Gasteiger partial charge in [-0.1, -0.05) is 12.1 Å². The fourth-order valence-corrected chi connectivity index (χ4v) is 3.68. The number of aryl methyl sites for hydroxylation is 1. The topological polar surface area (TPSA) is 89.2 Å². The first kappa shape index (κ1) is 19.0. The van der Waals surface area contributed by atoms with Crippen LogP contribution in [-0.4, -0.2) is 44.6 Å². The van der Waals surface area contributed by atoms with Crippen LogP contribution < -0.4 is 16.6 Å². The summed E-state index contributed by atoms with van der Waals surface area (Å²) in [6, 6.07) is 8.82. The van der Waals surface area contributed by atoms with Gasteiger partial charge in [0.05, 0.1) is 11.4 Å². The first-order valence-corrected chi connectivity index (χ1v) is 9.22. The maximum Gasteiger partial charge on any atom is 0.332 e. The summed E-state index contributed by atoms with van der Waals surface area (Å²) in [5.41, 5.74) is -0.00753. The molecule has 1 atom stereocenters. The molecule has 1 N–H and O–H groups in total. The van der Waals surface area contributed by atoms with Gasteiger partial charge in [-0.05, 0) is 29.8 Å². The second-order valence-electron chi connectivity index (χ2n) is 7.05. The Morgan fingerprint density at radius 1 is 1.17 bits per heavy atom. The first-order valence-electron chi connectivity index (χ1n) is 9.22. The lowest BCUT2D eigenvalue weighted by molar-refractivity contribution is 0.0628. The molecule has 2 aromatic heterocycles. The molecule has 1 aliphatic heterocycles. The van der Waals surface area contributed by atoms with Crippen LogP contribution in [0.3, 0.4) is 0 Å². The number of fused-ring (bicyclic) bond motifs is 1. The molecule has 1 aliphatic rings. The molecule has 150 valence electrons. The fraction of sp³-hybridized carbons (Fsp3) is 0.300. The quantitative estimate of drug-likeness (QED) is 0.683. The molecule has 1 unspecified atom stereocenters. The van der Waals surface area contributed by atoms with Gasteiger partial charge in [-0.3, -0.25) is 18.7 Å². The normalized spacial score (nSPS) is 16.9. The van der Waals surface area contributed by atoms with Crippen LogP contribution in [0.5, 0.6) is 0 Å². The molecule has 0 saturated carbocycles. The minimum absolute atomic E-state index is 0.129. The Bertz CT molecular complexity index is 1230. The van der Waals surface area contributed by atoms with E-state index in [2.05, 4.69) is 10.3 Å². The van der Waals surface area contributed by atoms with Crippen LogP contribution in [0.4, 0.5) is 4.39 Å². The molecule has 1 fully saturated rings. The Morgan fingerprint density at radius 3 is 2.72 bits per heavy atom. The smallest absolute Gasteiger partial charge is 0.328 e. The number of hydrogen-bond acceptors (Lipinski definition) is 5. The van der Waals surface area contributed by atoms with Crippen LogP contribution in [0.15, 0.2) is 46.0 Å². The zero-order chi connectivity index (χ0) is 20.7. The number of halogens is 1. The van der Waals surface area contributed by atoms with Crippen LogP contribution >= 0.6 is 0 Å². The predicted octanol–water partition coefficient (Wildman–Crippen LogP) is 0.558. The van der Waals surface area contributed by atoms with Crippen molar-refractivity contribution in [3.05, 3.63) is 74.3 Å². The maximum atomic E-state index is 13.7. The van der Waals surface area contributed by atoms with Crippen LogP contribution in [0.1, 0.15) is 22.1 Å². The molecule has 1 aromatic carbocycles. The second-order valence-corrected chi connectivity index (χ2v) is 7.05. The van der Waals surface area contributed by atoms with E-state index in [0.29, 0.717) is 25.2 Å². The molecular weight excluding hydrogens is 377 g/mol. The molecule has 0 spiro atoms. The molecule has 9 heteroatoms. The number of nitrogens with one attached hydrogen (secondary N) is 1. The Kier molecular flexibility index (Phi) is 4.75. The average Bonchev–Trinajstić information content (AvgIpc) is 2.75. The molecule has 1 amide bonds. The standard InChI is InChI=1S/C20H20FN5O3/c1-24-17-14(18(27)25(2)20(24)29)6-7-15(23-17)19(28)26-9-8-22-11-16(26)12-4-3-5-13(21)10-12/h3-7,10,16,22H,8-9,11H2,1-2H3. The number of amides is 1. The largest absolute Gasteiger partial charge is 0.332 e. The van der Waals surface area contributed by atoms with E-state index in [1.54, 1.807) is 17.0 Å². The Labute approximate surface area is 165 Å². The van der Waals surface area contributed by atoms with Crippen molar-refractivity contribution in [2.24, 2.45) is 14.1 Å². The van der Waals surface area contributed by atoms with E-state index in [4.69, 9.17) is 0 Å². The fourth-order valence-electron chi connectivity index (χ4n) is 3.68. The third-order valence-electron chi connectivity index (χ3n) is 5.26. The van der Waals surface area contributed by atoms with Crippen molar-refractivity contribution in [1.29, 1.82) is 0 Å². The molecule has 29 heavy (non-hydrogen) atoms. The number of piperazine rings is 1. The zero-order valence-electron chi connectivity index (χ0n) is 16.1. The Morgan fingerprint density at radius 2 is 1.97 bits per heavy atom. The summed E-state index contributed by atoms with van der Waals surface area (Å²) in [5.74, 6) is -0.703. The molecule has 3 heterocycles. The zero-order valence-corrected chi connectivity index (χ0v) is 16.1. The summed E-state index contributed by atoms with van der Waals surface area (Å²) in [7, 11) is 2.90. The molecule has 4 rings (SSSR count). The van der Waals surface area contributed by atoms with Crippen LogP contribution in [-0.2, 0) is 14.1 Å². The van der Waals surface area contributed by atoms with E-state index in [1.165, 1.54) is 42.9 Å². The molecule has 0 radical (unpaired) electrons. The SMILES string of the molecule is Cn1c(=O)c2ccc(C(=O)N3CCNCC3c3cccc(F)c3)nc2n(C)c1=O. The third kappa shape index (κ3) is 3.23. The summed E-state index contributed by atoms with van der Waals surface area (Å²) in [4.78, 5) is 43.7. The summed E-state index contributed by atoms with van der Waals surface area (Å²) in [6.45, 7) is 1.52. The molecule has 8 nitrogen and oxygen atoms in total. The van der Waals surface area contributed by atoms with Crippen LogP contribution in [0, 0.1) is 5.82 Å². The van der Waals surface area contributed by atoms with Crippen LogP contribution in [0.25, 0.3) is 11.0 Å². The first-order chi connectivity index (χ1) is 13.9. The van der Waals surface area contributed by atoms with Gasteiger partial charge in [-0.2, -0.15) is 0 Å². The third-order valence-corrected chi connectivity index (χ3v) is 5.26. The summed E-state index contributed by atoms with van der Waals surface area (Å²) in [6.07, 6.45) is 0. The molecular formula is C20H20FN5O3. The van der Waals surface area contributed by atoms with Crippen molar-refractivity contribution in [3.8, 4) is 0 Å². The van der Waals surface area contributed by atoms with E-state index in [9.17, 15) is 18.8 Å². The van der Waals surface area contributed by atoms with Gasteiger partial charge in [0.25, 0.3) is 11.5 Å². The number of rotatable bonds is 2. The van der Waals surface area contributed by atoms with E-state index < -0.39 is 11.2 Å². The summed E-state index contributed by atoms with van der Waals surface area (Å²) < 4.78 is 15.9. The molecule has 1 saturated heterocycles. The number of pyridine rings is 1. The van der Waals surface area contributed by atoms with Gasteiger partial charge >= 0.3 is 5.69 Å². The van der Waals surface area contributed by atoms with Gasteiger partial charge in [0.15, 0.2) is 0 Å². The van der Waals surface area contributed by atoms with Gasteiger partial charge in [-0.15, -0.1) is 0 Å². The summed E-state index contributed by atoms with van der Waals surface area (Å²) >= 11 is 0. The van der Waals surface area contributed by atoms with Crippen molar-refractivity contribution in [2.45, 2.75) is 6.04 Å². The van der Waals surface area contributed by atoms with E-state index in [1.807, 2.05) is 0 Å². The number of aromatic nitrogens is 3. The van der Waals surface area contributed by atoms with Crippen molar-refractivity contribution < 1.29 is 9.18 Å². The predicted molar refractivity (Wildman–Crippen MR) is 105 cm³/mol. The van der Waals surface area contributed by atoms with Crippen LogP contribution in [0.2, 0.25) is 0 Å². The van der Waals surface area contributed by atoms with Crippen molar-refractivity contribution in [2.75, 3.05) is 19.6 Å². The molecule has 0 aliphatic carbocycles. The van der Waals surface area contributed by atoms with Gasteiger partial charge in [-0.25, -0.2) is 14.2 Å². The number of carbonyl (C=O) groups is 1. The lowest BCUT2D eigenvalue weighted by Gasteiger charge is -2.36. The minimum Gasteiger partial charge on any atom is -0.328 e. The summed E-state index contributed by atoms with van der Waals surface area (Å²) in [5, 5.41) is 3.48. The lowest BCUT2D eigenvalue weighted by atomic mass is 10.0. The highest BCUT2D eigenvalue weighted by molar-refractivity contribution is 5.94. The Balaban J connectivity index is 1.77. The highest BCUT2D eigenvalue weighted by Crippen LogP contribution is 2.24. The van der Waals surface area contributed by atoms with Gasteiger partial charge < -0.3 is 10.2 Å². The lowest BCUT2D eigenvalue weighted by Crippen LogP contribution is -2.49. The van der Waals surface area contributed by atoms with E-state index >= 15 is 0 Å². The van der Waals surface area contributed by atoms with E-state index in [-0.39, 0.29) is 34.5 Å². The minimum atomic E-state index is -0.514. The van der Waals surface area contributed by atoms with Crippen molar-refractivity contribution in [1.82, 2.24) is 24.3 Å². The monoisotopic (exact) mass is 397 g/mol. The van der Waals surface area contributed by atoms with Gasteiger partial charge in [0.1, 0.15) is 17.2 Å². The highest BCUT2D eigenvalue weighted by atomic mass is 19.1. The van der Waals surface area contributed by atoms with Gasteiger partial charge in [0.2, 0.25) is 0 Å². The van der Waals surface area contributed by atoms with Crippen molar-refractivity contribution >= 4 is 16.9 Å². The van der Waals surface area contributed by atoms with E-state index in [0.717, 1.165) is 4.57 Å². The highest BCUT2D eigenvalue weighted by Gasteiger charge is 2.30. The average molecular weight is 397 g/mol.